The Morgan fingerprint density at radius 2 is 2.03 bits per heavy atom. The minimum atomic E-state index is -0.530. The van der Waals surface area contributed by atoms with E-state index < -0.39 is 5.91 Å². The molecule has 2 heterocycles. The van der Waals surface area contributed by atoms with Crippen molar-refractivity contribution in [3.63, 3.8) is 0 Å². The number of benzene rings is 2. The molecule has 36 heavy (non-hydrogen) atoms. The van der Waals surface area contributed by atoms with E-state index in [0.717, 1.165) is 54.9 Å². The molecule has 1 atom stereocenters. The van der Waals surface area contributed by atoms with Gasteiger partial charge in [0, 0.05) is 59.7 Å². The number of rotatable bonds is 9. The van der Waals surface area contributed by atoms with E-state index in [0.29, 0.717) is 6.04 Å². The van der Waals surface area contributed by atoms with Gasteiger partial charge in [-0.1, -0.05) is 42.8 Å². The summed E-state index contributed by atoms with van der Waals surface area (Å²) >= 11 is 6.18. The third-order valence-corrected chi connectivity index (χ3v) is 7.51. The maximum atomic E-state index is 11.4. The highest BCUT2D eigenvalue weighted by atomic mass is 35.5. The van der Waals surface area contributed by atoms with Crippen LogP contribution in [-0.4, -0.2) is 32.5 Å². The van der Waals surface area contributed by atoms with Crippen LogP contribution >= 0.6 is 11.6 Å². The van der Waals surface area contributed by atoms with Gasteiger partial charge in [0.2, 0.25) is 0 Å². The fraction of sp³-hybridized carbons (Fsp3) is 0.276. The summed E-state index contributed by atoms with van der Waals surface area (Å²) in [6.07, 6.45) is 13.4. The molecule has 4 aromatic rings. The van der Waals surface area contributed by atoms with Gasteiger partial charge in [0.1, 0.15) is 0 Å². The molecule has 0 bridgehead atoms. The van der Waals surface area contributed by atoms with Gasteiger partial charge in [0.05, 0.1) is 0 Å². The Morgan fingerprint density at radius 3 is 2.86 bits per heavy atom. The molecular weight excluding hydrogens is 472 g/mol. The van der Waals surface area contributed by atoms with Gasteiger partial charge in [-0.25, -0.2) is 5.48 Å². The Bertz CT molecular complexity index is 1400. The zero-order valence-corrected chi connectivity index (χ0v) is 21.1. The smallest absolute Gasteiger partial charge is 0.267 e. The van der Waals surface area contributed by atoms with Gasteiger partial charge in [0.15, 0.2) is 0 Å². The second-order valence-electron chi connectivity index (χ2n) is 9.41. The first-order valence-corrected chi connectivity index (χ1v) is 12.8. The van der Waals surface area contributed by atoms with Crippen molar-refractivity contribution in [2.24, 2.45) is 0 Å². The Kier molecular flexibility index (Phi) is 7.28. The van der Waals surface area contributed by atoms with Gasteiger partial charge in [-0.15, -0.1) is 0 Å². The average molecular weight is 503 g/mol. The van der Waals surface area contributed by atoms with Crippen LogP contribution in [0.1, 0.15) is 52.8 Å². The highest BCUT2D eigenvalue weighted by Gasteiger charge is 2.28. The van der Waals surface area contributed by atoms with E-state index in [1.54, 1.807) is 11.6 Å². The Morgan fingerprint density at radius 1 is 1.17 bits per heavy atom. The summed E-state index contributed by atoms with van der Waals surface area (Å²) in [7, 11) is 0. The molecule has 1 amide bonds. The number of aromatic nitrogens is 2. The largest absolute Gasteiger partial charge is 0.367 e. The molecular formula is C29H31ClN4O2. The SMILES string of the molecule is CCc1c[nH]cc1CN(CCc1c[nH]c2cc(Cl)ccc12)C1CCc2cc(C=CC(=O)NO)ccc21. The molecule has 0 aliphatic heterocycles. The predicted molar refractivity (Wildman–Crippen MR) is 144 cm³/mol. The maximum Gasteiger partial charge on any atom is 0.267 e. The van der Waals surface area contributed by atoms with E-state index in [2.05, 4.69) is 58.6 Å². The fourth-order valence-corrected chi connectivity index (χ4v) is 5.58. The van der Waals surface area contributed by atoms with E-state index in [4.69, 9.17) is 16.8 Å². The van der Waals surface area contributed by atoms with E-state index in [9.17, 15) is 4.79 Å². The second-order valence-corrected chi connectivity index (χ2v) is 9.84. The molecule has 186 valence electrons. The highest BCUT2D eigenvalue weighted by molar-refractivity contribution is 6.31. The highest BCUT2D eigenvalue weighted by Crippen LogP contribution is 2.38. The van der Waals surface area contributed by atoms with Crippen molar-refractivity contribution in [2.45, 2.75) is 45.2 Å². The molecule has 1 aliphatic rings. The lowest BCUT2D eigenvalue weighted by Gasteiger charge is -2.30. The van der Waals surface area contributed by atoms with Crippen LogP contribution in [0.25, 0.3) is 17.0 Å². The number of fused-ring (bicyclic) bond motifs is 2. The molecule has 1 unspecified atom stereocenters. The summed E-state index contributed by atoms with van der Waals surface area (Å²) in [4.78, 5) is 20.6. The van der Waals surface area contributed by atoms with Gasteiger partial charge in [-0.3, -0.25) is 14.9 Å². The topological polar surface area (TPSA) is 84.2 Å². The lowest BCUT2D eigenvalue weighted by molar-refractivity contribution is -0.124. The number of hydrogen-bond acceptors (Lipinski definition) is 3. The molecule has 0 radical (unpaired) electrons. The molecule has 0 spiro atoms. The van der Waals surface area contributed by atoms with Crippen molar-refractivity contribution >= 4 is 34.5 Å². The number of carbonyl (C=O) groups is 1. The van der Waals surface area contributed by atoms with E-state index >= 15 is 0 Å². The molecule has 0 fully saturated rings. The van der Waals surface area contributed by atoms with Gasteiger partial charge >= 0.3 is 0 Å². The number of hydrogen-bond donors (Lipinski definition) is 4. The summed E-state index contributed by atoms with van der Waals surface area (Å²) in [5.41, 5.74) is 10.4. The standard InChI is InChI=1S/C29H31ClN4O2/c1-2-20-15-31-16-23(20)18-34(12-11-22-17-32-27-14-24(30)6-8-25(22)27)28-9-5-21-13-19(3-7-26(21)28)4-10-29(35)33-36/h3-4,6-8,10,13-17,28,31-32,36H,2,5,9,11-12,18H2,1H3,(H,33,35). The number of hydroxylamine groups is 1. The molecule has 0 saturated heterocycles. The fourth-order valence-electron chi connectivity index (χ4n) is 5.40. The summed E-state index contributed by atoms with van der Waals surface area (Å²) in [6, 6.07) is 12.8. The number of nitrogens with one attached hydrogen (secondary N) is 3. The number of aryl methyl sites for hydroxylation is 2. The number of H-pyrrole nitrogens is 2. The van der Waals surface area contributed by atoms with Crippen LogP contribution in [0, 0.1) is 0 Å². The molecule has 2 aromatic heterocycles. The zero-order chi connectivity index (χ0) is 25.1. The van der Waals surface area contributed by atoms with Crippen LogP contribution in [0.2, 0.25) is 5.02 Å². The van der Waals surface area contributed by atoms with Crippen LogP contribution < -0.4 is 5.48 Å². The molecule has 7 heteroatoms. The third kappa shape index (κ3) is 5.12. The Balaban J connectivity index is 1.40. The van der Waals surface area contributed by atoms with E-state index in [1.807, 2.05) is 18.2 Å². The van der Waals surface area contributed by atoms with Gasteiger partial charge in [-0.2, -0.15) is 0 Å². The zero-order valence-electron chi connectivity index (χ0n) is 20.4. The summed E-state index contributed by atoms with van der Waals surface area (Å²) in [6.45, 7) is 4.03. The Labute approximate surface area is 215 Å². The van der Waals surface area contributed by atoms with Crippen LogP contribution in [0.15, 0.2) is 61.1 Å². The van der Waals surface area contributed by atoms with Crippen molar-refractivity contribution in [3.8, 4) is 0 Å². The number of amides is 1. The minimum absolute atomic E-state index is 0.332. The monoisotopic (exact) mass is 502 g/mol. The molecule has 0 saturated carbocycles. The van der Waals surface area contributed by atoms with Crippen molar-refractivity contribution < 1.29 is 10.0 Å². The van der Waals surface area contributed by atoms with Crippen molar-refractivity contribution in [1.29, 1.82) is 0 Å². The molecule has 2 aromatic carbocycles. The quantitative estimate of drug-likeness (QED) is 0.129. The minimum Gasteiger partial charge on any atom is -0.367 e. The van der Waals surface area contributed by atoms with Crippen molar-refractivity contribution in [1.82, 2.24) is 20.3 Å². The van der Waals surface area contributed by atoms with Crippen molar-refractivity contribution in [3.05, 3.63) is 99.5 Å². The molecule has 4 N–H and O–H groups in total. The number of halogens is 1. The third-order valence-electron chi connectivity index (χ3n) is 7.27. The lowest BCUT2D eigenvalue weighted by Crippen LogP contribution is -2.29. The first kappa shape index (κ1) is 24.4. The molecule has 1 aliphatic carbocycles. The molecule has 5 rings (SSSR count). The number of nitrogens with zero attached hydrogens (tertiary/aromatic N) is 1. The first-order valence-electron chi connectivity index (χ1n) is 12.4. The van der Waals surface area contributed by atoms with Crippen LogP contribution in [-0.2, 0) is 30.6 Å². The van der Waals surface area contributed by atoms with E-state index in [1.165, 1.54) is 39.3 Å². The normalized spacial score (nSPS) is 15.3. The average Bonchev–Trinajstić information content (AvgIpc) is 3.62. The predicted octanol–water partition coefficient (Wildman–Crippen LogP) is 5.96. The van der Waals surface area contributed by atoms with Gasteiger partial charge in [-0.05, 0) is 77.3 Å². The molecule has 6 nitrogen and oxygen atoms in total. The van der Waals surface area contributed by atoms with E-state index in [-0.39, 0.29) is 0 Å². The summed E-state index contributed by atoms with van der Waals surface area (Å²) in [5.74, 6) is -0.530. The summed E-state index contributed by atoms with van der Waals surface area (Å²) < 4.78 is 0. The van der Waals surface area contributed by atoms with Gasteiger partial charge in [0.25, 0.3) is 5.91 Å². The number of carbonyl (C=O) groups excluding carboxylic acids is 1. The van der Waals surface area contributed by atoms with Crippen LogP contribution in [0.4, 0.5) is 0 Å². The first-order chi connectivity index (χ1) is 17.6. The Hall–Kier alpha value is -3.32. The van der Waals surface area contributed by atoms with Crippen LogP contribution in [0.5, 0.6) is 0 Å². The van der Waals surface area contributed by atoms with Crippen molar-refractivity contribution in [2.75, 3.05) is 6.54 Å². The van der Waals surface area contributed by atoms with Crippen LogP contribution in [0.3, 0.4) is 0 Å². The lowest BCUT2D eigenvalue weighted by atomic mass is 10.0. The summed E-state index contributed by atoms with van der Waals surface area (Å²) in [5, 5.41) is 10.7. The number of aromatic amines is 2. The second kappa shape index (κ2) is 10.7. The van der Waals surface area contributed by atoms with Gasteiger partial charge < -0.3 is 9.97 Å². The maximum absolute atomic E-state index is 11.4.